The highest BCUT2D eigenvalue weighted by atomic mass is 32.1. The minimum absolute atomic E-state index is 0.0794. The predicted molar refractivity (Wildman–Crippen MR) is 137 cm³/mol. The molecule has 1 N–H and O–H groups in total. The first-order valence-electron chi connectivity index (χ1n) is 12.9. The van der Waals surface area contributed by atoms with Gasteiger partial charge in [-0.2, -0.15) is 0 Å². The average Bonchev–Trinajstić information content (AvgIpc) is 3.45. The molecule has 35 heavy (non-hydrogen) atoms. The third-order valence-corrected chi connectivity index (χ3v) is 10.9. The van der Waals surface area contributed by atoms with Gasteiger partial charge in [-0.25, -0.2) is 4.98 Å². The maximum absolute atomic E-state index is 12.6. The van der Waals surface area contributed by atoms with Crippen LogP contribution in [0.4, 0.5) is 5.13 Å². The summed E-state index contributed by atoms with van der Waals surface area (Å²) < 4.78 is 0. The van der Waals surface area contributed by atoms with Gasteiger partial charge in [-0.1, -0.05) is 19.9 Å². The largest absolute Gasteiger partial charge is 0.338 e. The van der Waals surface area contributed by atoms with Crippen molar-refractivity contribution >= 4 is 28.3 Å². The Kier molecular flexibility index (Phi) is 5.40. The number of hydrogen-bond acceptors (Lipinski definition) is 5. The van der Waals surface area contributed by atoms with Gasteiger partial charge in [-0.3, -0.25) is 19.9 Å². The number of nitrogens with zero attached hydrogens (tertiary/aromatic N) is 3. The molecule has 0 bridgehead atoms. The van der Waals surface area contributed by atoms with Gasteiger partial charge in [-0.05, 0) is 79.9 Å². The summed E-state index contributed by atoms with van der Waals surface area (Å²) in [7, 11) is 1.99. The maximum atomic E-state index is 12.6. The molecular formula is C28H34N4O2S. The maximum Gasteiger partial charge on any atom is 0.257 e. The monoisotopic (exact) mass is 490 g/mol. The Hall–Kier alpha value is -2.54. The van der Waals surface area contributed by atoms with Crippen LogP contribution in [0.1, 0.15) is 74.3 Å². The molecule has 2 amide bonds. The van der Waals surface area contributed by atoms with Gasteiger partial charge in [0.1, 0.15) is 0 Å². The smallest absolute Gasteiger partial charge is 0.257 e. The van der Waals surface area contributed by atoms with Crippen molar-refractivity contribution in [2.24, 2.45) is 28.6 Å². The summed E-state index contributed by atoms with van der Waals surface area (Å²) in [5.74, 6) is 2.48. The zero-order valence-electron chi connectivity index (χ0n) is 20.7. The van der Waals surface area contributed by atoms with Crippen LogP contribution in [0.25, 0.3) is 0 Å². The van der Waals surface area contributed by atoms with Crippen LogP contribution in [-0.2, 0) is 4.79 Å². The second-order valence-electron chi connectivity index (χ2n) is 11.6. The van der Waals surface area contributed by atoms with Gasteiger partial charge in [0, 0.05) is 47.8 Å². The fourth-order valence-corrected chi connectivity index (χ4v) is 9.16. The number of rotatable bonds is 3. The molecule has 3 heterocycles. The number of anilines is 1. The quantitative estimate of drug-likeness (QED) is 0.615. The Balaban J connectivity index is 1.21. The van der Waals surface area contributed by atoms with E-state index in [4.69, 9.17) is 4.98 Å². The van der Waals surface area contributed by atoms with Crippen molar-refractivity contribution < 1.29 is 9.59 Å². The predicted octanol–water partition coefficient (Wildman–Crippen LogP) is 5.51. The van der Waals surface area contributed by atoms with E-state index in [-0.39, 0.29) is 22.6 Å². The summed E-state index contributed by atoms with van der Waals surface area (Å²) in [6.45, 7) is 4.90. The minimum Gasteiger partial charge on any atom is -0.338 e. The fraction of sp³-hybridized carbons (Fsp3) is 0.571. The minimum atomic E-state index is -0.140. The summed E-state index contributed by atoms with van der Waals surface area (Å²) in [6.07, 6.45) is 14.5. The first-order valence-corrected chi connectivity index (χ1v) is 13.8. The van der Waals surface area contributed by atoms with Gasteiger partial charge in [0.15, 0.2) is 5.13 Å². The first kappa shape index (κ1) is 22.9. The van der Waals surface area contributed by atoms with Gasteiger partial charge < -0.3 is 4.90 Å². The van der Waals surface area contributed by atoms with Crippen molar-refractivity contribution in [2.45, 2.75) is 64.3 Å². The van der Waals surface area contributed by atoms with E-state index in [1.165, 1.54) is 43.4 Å². The number of pyridine rings is 1. The molecule has 3 fully saturated rings. The van der Waals surface area contributed by atoms with E-state index in [0.717, 1.165) is 12.1 Å². The van der Waals surface area contributed by atoms with Crippen LogP contribution < -0.4 is 5.32 Å². The van der Waals surface area contributed by atoms with Gasteiger partial charge in [0.05, 0.1) is 5.69 Å². The Morgan fingerprint density at radius 1 is 1.11 bits per heavy atom. The third kappa shape index (κ3) is 3.49. The number of thiazole rings is 1. The van der Waals surface area contributed by atoms with E-state index < -0.39 is 0 Å². The van der Waals surface area contributed by atoms with Crippen molar-refractivity contribution in [3.8, 4) is 0 Å². The lowest BCUT2D eigenvalue weighted by atomic mass is 9.47. The van der Waals surface area contributed by atoms with E-state index in [1.807, 2.05) is 18.0 Å². The van der Waals surface area contributed by atoms with Gasteiger partial charge >= 0.3 is 0 Å². The molecule has 4 aliphatic rings. The SMILES string of the molecule is CN1C(=O)C=C[C@]2(C)[C@H]3CC[C@]4(C)[C@@H](c5csc(NC(=O)c6ccncc6)n5)CC[C@H]4[C@@H]3CC[C@@H]12. The molecule has 3 saturated carbocycles. The molecule has 0 saturated heterocycles. The Morgan fingerprint density at radius 2 is 1.91 bits per heavy atom. The van der Waals surface area contributed by atoms with Crippen LogP contribution in [0.15, 0.2) is 42.1 Å². The molecule has 0 spiro atoms. The first-order chi connectivity index (χ1) is 16.8. The van der Waals surface area contributed by atoms with Crippen LogP contribution in [0, 0.1) is 28.6 Å². The molecule has 7 atom stereocenters. The van der Waals surface area contributed by atoms with E-state index in [9.17, 15) is 9.59 Å². The molecule has 7 heteroatoms. The van der Waals surface area contributed by atoms with Crippen LogP contribution in [0.3, 0.4) is 0 Å². The lowest BCUT2D eigenvalue weighted by molar-refractivity contribution is -0.138. The van der Waals surface area contributed by atoms with E-state index in [1.54, 1.807) is 24.5 Å². The van der Waals surface area contributed by atoms with Gasteiger partial charge in [-0.15, -0.1) is 11.3 Å². The van der Waals surface area contributed by atoms with Crippen molar-refractivity contribution in [1.29, 1.82) is 0 Å². The van der Waals surface area contributed by atoms with Crippen molar-refractivity contribution in [2.75, 3.05) is 12.4 Å². The number of hydrogen-bond donors (Lipinski definition) is 1. The molecule has 1 aliphatic heterocycles. The van der Waals surface area contributed by atoms with Crippen LogP contribution >= 0.6 is 11.3 Å². The van der Waals surface area contributed by atoms with Crippen LogP contribution in [0.5, 0.6) is 0 Å². The number of carbonyl (C=O) groups is 2. The molecular weight excluding hydrogens is 456 g/mol. The highest BCUT2D eigenvalue weighted by molar-refractivity contribution is 7.14. The molecule has 0 radical (unpaired) electrons. The third-order valence-electron chi connectivity index (χ3n) is 10.2. The number of amides is 2. The Morgan fingerprint density at radius 3 is 2.71 bits per heavy atom. The number of aromatic nitrogens is 2. The zero-order valence-corrected chi connectivity index (χ0v) is 21.6. The molecule has 2 aromatic heterocycles. The highest BCUT2D eigenvalue weighted by Gasteiger charge is 2.60. The molecule has 0 unspecified atom stereocenters. The summed E-state index contributed by atoms with van der Waals surface area (Å²) in [5.41, 5.74) is 2.06. The number of carbonyl (C=O) groups excluding carboxylic acids is 2. The number of fused-ring (bicyclic) bond motifs is 5. The highest BCUT2D eigenvalue weighted by Crippen LogP contribution is 2.67. The van der Waals surface area contributed by atoms with E-state index in [2.05, 4.69) is 35.6 Å². The average molecular weight is 491 g/mol. The number of nitrogens with one attached hydrogen (secondary N) is 1. The Labute approximate surface area is 211 Å². The van der Waals surface area contributed by atoms with E-state index in [0.29, 0.717) is 40.4 Å². The van der Waals surface area contributed by atoms with Crippen LogP contribution in [0.2, 0.25) is 0 Å². The van der Waals surface area contributed by atoms with Crippen molar-refractivity contribution in [3.05, 3.63) is 53.3 Å². The fourth-order valence-electron chi connectivity index (χ4n) is 8.40. The van der Waals surface area contributed by atoms with Gasteiger partial charge in [0.25, 0.3) is 5.91 Å². The molecule has 6 rings (SSSR count). The van der Waals surface area contributed by atoms with E-state index >= 15 is 0 Å². The van der Waals surface area contributed by atoms with Crippen molar-refractivity contribution in [1.82, 2.24) is 14.9 Å². The molecule has 184 valence electrons. The molecule has 3 aliphatic carbocycles. The summed E-state index contributed by atoms with van der Waals surface area (Å²) in [4.78, 5) is 35.8. The zero-order chi connectivity index (χ0) is 24.4. The second-order valence-corrected chi connectivity index (χ2v) is 12.4. The summed E-state index contributed by atoms with van der Waals surface area (Å²) >= 11 is 1.53. The second kappa shape index (κ2) is 8.26. The topological polar surface area (TPSA) is 75.2 Å². The van der Waals surface area contributed by atoms with Crippen molar-refractivity contribution in [3.63, 3.8) is 0 Å². The molecule has 0 aromatic carbocycles. The Bertz CT molecular complexity index is 1180. The number of likely N-dealkylation sites (N-methyl/N-ethyl adjacent to an activating group) is 1. The standard InChI is InChI=1S/C28H34N4O2S/c1-27-12-8-20-18(4-7-23-28(20,2)13-9-24(33)32(23)3)19(27)5-6-21(27)22-16-35-26(30-22)31-25(34)17-10-14-29-15-11-17/h9-11,13-16,18-21,23H,4-8,12H2,1-3H3,(H,30,31,34)/t18-,19-,20-,21+,23+,27-,28+/m0/s1. The summed E-state index contributed by atoms with van der Waals surface area (Å²) in [6, 6.07) is 3.76. The lowest BCUT2D eigenvalue weighted by Crippen LogP contribution is -2.59. The lowest BCUT2D eigenvalue weighted by Gasteiger charge is -2.60. The molecule has 2 aromatic rings. The summed E-state index contributed by atoms with van der Waals surface area (Å²) in [5, 5.41) is 5.82. The van der Waals surface area contributed by atoms with Crippen LogP contribution in [-0.4, -0.2) is 39.8 Å². The van der Waals surface area contributed by atoms with Gasteiger partial charge in [0.2, 0.25) is 5.91 Å². The molecule has 6 nitrogen and oxygen atoms in total. The normalized spacial score (nSPS) is 38.0.